The Kier molecular flexibility index (Phi) is 4.11. The predicted molar refractivity (Wildman–Crippen MR) is 70.1 cm³/mol. The number of ketones is 2. The van der Waals surface area contributed by atoms with Crippen LogP contribution in [0.25, 0.3) is 0 Å². The molecule has 1 aromatic rings. The zero-order valence-corrected chi connectivity index (χ0v) is 11.2. The van der Waals surface area contributed by atoms with Crippen LogP contribution in [0.1, 0.15) is 42.5 Å². The lowest BCUT2D eigenvalue weighted by Gasteiger charge is -2.06. The first-order valence-corrected chi connectivity index (χ1v) is 6.77. The molecule has 0 amide bonds. The number of carbonyl (C=O) groups excluding carboxylic acids is 2. The number of hydrogen-bond acceptors (Lipinski definition) is 2. The molecule has 0 radical (unpaired) electrons. The molecule has 1 saturated carbocycles. The Labute approximate surface area is 110 Å². The van der Waals surface area contributed by atoms with E-state index < -0.39 is 0 Å². The van der Waals surface area contributed by atoms with Gasteiger partial charge in [-0.25, -0.2) is 0 Å². The topological polar surface area (TPSA) is 34.1 Å². The van der Waals surface area contributed by atoms with Gasteiger partial charge in [-0.05, 0) is 31.4 Å². The molecule has 2 rings (SSSR count). The second-order valence-corrected chi connectivity index (χ2v) is 5.44. The fourth-order valence-electron chi connectivity index (χ4n) is 2.28. The second kappa shape index (κ2) is 5.58. The molecule has 0 bridgehead atoms. The molecule has 2 nitrogen and oxygen atoms in total. The first-order valence-electron chi connectivity index (χ1n) is 5.98. The van der Waals surface area contributed by atoms with E-state index in [1.54, 1.807) is 0 Å². The predicted octanol–water partition coefficient (Wildman–Crippen LogP) is 3.78. The van der Waals surface area contributed by atoms with Crippen molar-refractivity contribution in [3.8, 4) is 0 Å². The van der Waals surface area contributed by atoms with Crippen LogP contribution < -0.4 is 0 Å². The molecular formula is C14H15BrO2. The van der Waals surface area contributed by atoms with Gasteiger partial charge < -0.3 is 0 Å². The van der Waals surface area contributed by atoms with Gasteiger partial charge in [0.1, 0.15) is 5.78 Å². The molecule has 1 fully saturated rings. The number of halogens is 1. The van der Waals surface area contributed by atoms with Gasteiger partial charge in [0.2, 0.25) is 0 Å². The van der Waals surface area contributed by atoms with Crippen molar-refractivity contribution in [1.29, 1.82) is 0 Å². The number of benzene rings is 1. The van der Waals surface area contributed by atoms with Gasteiger partial charge in [-0.3, -0.25) is 9.59 Å². The summed E-state index contributed by atoms with van der Waals surface area (Å²) in [4.78, 5) is 23.3. The van der Waals surface area contributed by atoms with Gasteiger partial charge in [-0.1, -0.05) is 28.1 Å². The van der Waals surface area contributed by atoms with E-state index in [0.29, 0.717) is 25.0 Å². The molecule has 1 aliphatic carbocycles. The average molecular weight is 295 g/mol. The lowest BCUT2D eigenvalue weighted by Crippen LogP contribution is -2.09. The zero-order chi connectivity index (χ0) is 12.3. The summed E-state index contributed by atoms with van der Waals surface area (Å²) in [5.41, 5.74) is 0.735. The van der Waals surface area contributed by atoms with Gasteiger partial charge in [0.25, 0.3) is 0 Å². The summed E-state index contributed by atoms with van der Waals surface area (Å²) in [6.45, 7) is 0. The molecule has 0 heterocycles. The van der Waals surface area contributed by atoms with Crippen LogP contribution in [0.4, 0.5) is 0 Å². The molecular weight excluding hydrogens is 280 g/mol. The third-order valence-corrected chi connectivity index (χ3v) is 3.85. The summed E-state index contributed by atoms with van der Waals surface area (Å²) in [6, 6.07) is 7.38. The monoisotopic (exact) mass is 294 g/mol. The first kappa shape index (κ1) is 12.5. The summed E-state index contributed by atoms with van der Waals surface area (Å²) in [7, 11) is 0. The normalized spacial score (nSPS) is 19.6. The van der Waals surface area contributed by atoms with Crippen LogP contribution in [0.15, 0.2) is 28.7 Å². The van der Waals surface area contributed by atoms with Crippen molar-refractivity contribution < 1.29 is 9.59 Å². The third kappa shape index (κ3) is 3.25. The second-order valence-electron chi connectivity index (χ2n) is 4.52. The highest BCUT2D eigenvalue weighted by atomic mass is 79.9. The van der Waals surface area contributed by atoms with Crippen LogP contribution >= 0.6 is 15.9 Å². The maximum atomic E-state index is 11.9. The van der Waals surface area contributed by atoms with Gasteiger partial charge in [-0.2, -0.15) is 0 Å². The van der Waals surface area contributed by atoms with E-state index in [2.05, 4.69) is 15.9 Å². The smallest absolute Gasteiger partial charge is 0.162 e. The van der Waals surface area contributed by atoms with Crippen molar-refractivity contribution in [2.75, 3.05) is 0 Å². The molecule has 0 N–H and O–H groups in total. The van der Waals surface area contributed by atoms with Crippen LogP contribution in [0.3, 0.4) is 0 Å². The van der Waals surface area contributed by atoms with Crippen molar-refractivity contribution >= 4 is 27.5 Å². The van der Waals surface area contributed by atoms with Crippen molar-refractivity contribution in [2.45, 2.75) is 32.1 Å². The Morgan fingerprint density at radius 3 is 2.59 bits per heavy atom. The number of Topliss-reactive ketones (excluding diaryl/α,β-unsaturated/α-hetero) is 2. The summed E-state index contributed by atoms with van der Waals surface area (Å²) < 4.78 is 0.972. The quantitative estimate of drug-likeness (QED) is 0.792. The minimum atomic E-state index is 0.134. The van der Waals surface area contributed by atoms with E-state index in [1.807, 2.05) is 24.3 Å². The summed E-state index contributed by atoms with van der Waals surface area (Å²) in [5.74, 6) is 0.611. The maximum Gasteiger partial charge on any atom is 0.162 e. The fourth-order valence-corrected chi connectivity index (χ4v) is 2.54. The van der Waals surface area contributed by atoms with Gasteiger partial charge in [-0.15, -0.1) is 0 Å². The zero-order valence-electron chi connectivity index (χ0n) is 9.62. The number of carbonyl (C=O) groups is 2. The fraction of sp³-hybridized carbons (Fsp3) is 0.429. The van der Waals surface area contributed by atoms with Gasteiger partial charge >= 0.3 is 0 Å². The Hall–Kier alpha value is -0.960. The molecule has 0 unspecified atom stereocenters. The number of hydrogen-bond donors (Lipinski definition) is 0. The summed E-state index contributed by atoms with van der Waals surface area (Å²) in [6.07, 6.45) is 3.87. The lowest BCUT2D eigenvalue weighted by molar-refractivity contribution is -0.120. The van der Waals surface area contributed by atoms with Crippen molar-refractivity contribution in [3.05, 3.63) is 34.3 Å². The van der Waals surface area contributed by atoms with Gasteiger partial charge in [0.05, 0.1) is 0 Å². The van der Waals surface area contributed by atoms with E-state index in [1.165, 1.54) is 0 Å². The molecule has 0 aliphatic heterocycles. The van der Waals surface area contributed by atoms with Crippen molar-refractivity contribution in [2.24, 2.45) is 5.92 Å². The minimum absolute atomic E-state index is 0.134. The SMILES string of the molecule is O=C(CC[C@H]1CCCC1=O)c1ccc(Br)cc1. The van der Waals surface area contributed by atoms with E-state index in [9.17, 15) is 9.59 Å². The van der Waals surface area contributed by atoms with Crippen LogP contribution in [0, 0.1) is 5.92 Å². The van der Waals surface area contributed by atoms with Crippen molar-refractivity contribution in [3.63, 3.8) is 0 Å². The summed E-state index contributed by atoms with van der Waals surface area (Å²) in [5, 5.41) is 0. The first-order chi connectivity index (χ1) is 8.16. The highest BCUT2D eigenvalue weighted by Crippen LogP contribution is 2.26. The molecule has 1 aliphatic rings. The van der Waals surface area contributed by atoms with Crippen LogP contribution in [-0.4, -0.2) is 11.6 Å². The molecule has 1 aromatic carbocycles. The molecule has 0 aromatic heterocycles. The van der Waals surface area contributed by atoms with E-state index in [0.717, 1.165) is 22.9 Å². The molecule has 1 atom stereocenters. The van der Waals surface area contributed by atoms with Crippen molar-refractivity contribution in [1.82, 2.24) is 0 Å². The minimum Gasteiger partial charge on any atom is -0.299 e. The lowest BCUT2D eigenvalue weighted by atomic mass is 9.97. The third-order valence-electron chi connectivity index (χ3n) is 3.32. The summed E-state index contributed by atoms with van der Waals surface area (Å²) >= 11 is 3.34. The van der Waals surface area contributed by atoms with Crippen LogP contribution in [0.5, 0.6) is 0 Å². The van der Waals surface area contributed by atoms with E-state index in [-0.39, 0.29) is 11.7 Å². The molecule has 0 saturated heterocycles. The van der Waals surface area contributed by atoms with Crippen LogP contribution in [-0.2, 0) is 4.79 Å². The number of rotatable bonds is 4. The Balaban J connectivity index is 1.89. The van der Waals surface area contributed by atoms with E-state index >= 15 is 0 Å². The molecule has 3 heteroatoms. The highest BCUT2D eigenvalue weighted by Gasteiger charge is 2.24. The molecule has 90 valence electrons. The highest BCUT2D eigenvalue weighted by molar-refractivity contribution is 9.10. The Morgan fingerprint density at radius 2 is 2.00 bits per heavy atom. The maximum absolute atomic E-state index is 11.9. The largest absolute Gasteiger partial charge is 0.299 e. The van der Waals surface area contributed by atoms with Crippen LogP contribution in [0.2, 0.25) is 0 Å². The van der Waals surface area contributed by atoms with Gasteiger partial charge in [0.15, 0.2) is 5.78 Å². The standard InChI is InChI=1S/C14H15BrO2/c15-12-7-4-11(5-8-12)14(17)9-6-10-2-1-3-13(10)16/h4-5,7-8,10H,1-3,6,9H2/t10-/m1/s1. The molecule has 17 heavy (non-hydrogen) atoms. The Bertz CT molecular complexity index is 422. The Morgan fingerprint density at radius 1 is 1.29 bits per heavy atom. The van der Waals surface area contributed by atoms with Gasteiger partial charge in [0, 0.05) is 28.8 Å². The molecule has 0 spiro atoms. The van der Waals surface area contributed by atoms with E-state index in [4.69, 9.17) is 0 Å². The average Bonchev–Trinajstić information content (AvgIpc) is 2.73.